The number of piperazine rings is 1. The Kier molecular flexibility index (Phi) is 5.01. The zero-order valence-electron chi connectivity index (χ0n) is 11.2. The molecular weight excluding hydrogens is 210 g/mol. The first-order chi connectivity index (χ1) is 8.29. The second-order valence-corrected chi connectivity index (χ2v) is 5.40. The molecule has 0 aromatic carbocycles. The highest BCUT2D eigenvalue weighted by atomic mass is 15.2. The maximum absolute atomic E-state index is 4.29. The molecule has 2 heterocycles. The van der Waals surface area contributed by atoms with Gasteiger partial charge in [-0.2, -0.15) is 0 Å². The molecule has 3 heteroatoms. The topological polar surface area (TPSA) is 18.5 Å². The number of hydrogen-bond acceptors (Lipinski definition) is 3. The van der Waals surface area contributed by atoms with Gasteiger partial charge in [0.15, 0.2) is 0 Å². The first-order valence-electron chi connectivity index (χ1n) is 7.13. The average Bonchev–Trinajstić information content (AvgIpc) is 2.77. The molecule has 0 aromatic rings. The van der Waals surface area contributed by atoms with Crippen molar-refractivity contribution in [3.8, 4) is 0 Å². The van der Waals surface area contributed by atoms with Crippen LogP contribution in [0.25, 0.3) is 0 Å². The molecule has 98 valence electrons. The quantitative estimate of drug-likeness (QED) is 0.728. The zero-order valence-corrected chi connectivity index (χ0v) is 11.2. The number of rotatable bonds is 5. The van der Waals surface area contributed by atoms with E-state index in [4.69, 9.17) is 0 Å². The molecule has 3 nitrogen and oxygen atoms in total. The first kappa shape index (κ1) is 13.1. The lowest BCUT2D eigenvalue weighted by molar-refractivity contribution is 0.239. The minimum absolute atomic E-state index is 0.774. The minimum atomic E-state index is 0.774. The molecule has 2 aliphatic heterocycles. The van der Waals surface area contributed by atoms with Gasteiger partial charge in [0, 0.05) is 38.8 Å². The van der Waals surface area contributed by atoms with Crippen molar-refractivity contribution in [1.82, 2.24) is 15.1 Å². The number of nitrogens with zero attached hydrogens (tertiary/aromatic N) is 2. The number of hydrogen-bond donors (Lipinski definition) is 1. The van der Waals surface area contributed by atoms with Crippen molar-refractivity contribution in [2.75, 3.05) is 45.8 Å². The Morgan fingerprint density at radius 1 is 1.29 bits per heavy atom. The van der Waals surface area contributed by atoms with Crippen LogP contribution in [0.1, 0.15) is 26.2 Å². The normalized spacial score (nSPS) is 27.5. The van der Waals surface area contributed by atoms with Crippen LogP contribution < -0.4 is 5.32 Å². The lowest BCUT2D eigenvalue weighted by atomic mass is 10.0. The van der Waals surface area contributed by atoms with Crippen LogP contribution in [0.15, 0.2) is 12.2 Å². The fourth-order valence-electron chi connectivity index (χ4n) is 3.13. The molecular formula is C14H27N3. The molecule has 1 unspecified atom stereocenters. The minimum Gasteiger partial charge on any atom is -0.314 e. The molecule has 1 N–H and O–H groups in total. The highest BCUT2D eigenvalue weighted by molar-refractivity contribution is 5.02. The summed E-state index contributed by atoms with van der Waals surface area (Å²) in [7, 11) is 0. The smallest absolute Gasteiger partial charge is 0.0191 e. The second kappa shape index (κ2) is 6.53. The van der Waals surface area contributed by atoms with Gasteiger partial charge in [-0.3, -0.25) is 4.90 Å². The standard InChI is InChI=1S/C14H27N3/c1-3-17-8-4-5-14(17)11-13(2)12-16-9-6-15-7-10-16/h14-15H,2-12H2,1H3. The van der Waals surface area contributed by atoms with Crippen LogP contribution in [-0.4, -0.2) is 61.7 Å². The molecule has 0 spiro atoms. The van der Waals surface area contributed by atoms with Gasteiger partial charge in [-0.25, -0.2) is 0 Å². The molecule has 2 rings (SSSR count). The van der Waals surface area contributed by atoms with Crippen molar-refractivity contribution in [2.24, 2.45) is 0 Å². The van der Waals surface area contributed by atoms with Crippen molar-refractivity contribution >= 4 is 0 Å². The van der Waals surface area contributed by atoms with Gasteiger partial charge < -0.3 is 10.2 Å². The van der Waals surface area contributed by atoms with E-state index in [1.165, 1.54) is 51.0 Å². The molecule has 0 amide bonds. The Morgan fingerprint density at radius 3 is 2.76 bits per heavy atom. The predicted octanol–water partition coefficient (Wildman–Crippen LogP) is 1.32. The molecule has 2 saturated heterocycles. The van der Waals surface area contributed by atoms with Crippen molar-refractivity contribution in [1.29, 1.82) is 0 Å². The largest absolute Gasteiger partial charge is 0.314 e. The summed E-state index contributed by atoms with van der Waals surface area (Å²) >= 11 is 0. The van der Waals surface area contributed by atoms with Crippen molar-refractivity contribution in [2.45, 2.75) is 32.2 Å². The van der Waals surface area contributed by atoms with Gasteiger partial charge >= 0.3 is 0 Å². The Morgan fingerprint density at radius 2 is 2.06 bits per heavy atom. The summed E-state index contributed by atoms with van der Waals surface area (Å²) in [6.45, 7) is 14.8. The van der Waals surface area contributed by atoms with Crippen LogP contribution >= 0.6 is 0 Å². The SMILES string of the molecule is C=C(CC1CCCN1CC)CN1CCNCC1. The average molecular weight is 237 g/mol. The lowest BCUT2D eigenvalue weighted by Crippen LogP contribution is -2.44. The molecule has 0 bridgehead atoms. The first-order valence-corrected chi connectivity index (χ1v) is 7.13. The summed E-state index contributed by atoms with van der Waals surface area (Å²) in [5.74, 6) is 0. The van der Waals surface area contributed by atoms with Gasteiger partial charge in [0.25, 0.3) is 0 Å². The Balaban J connectivity index is 1.72. The van der Waals surface area contributed by atoms with E-state index in [0.29, 0.717) is 0 Å². The van der Waals surface area contributed by atoms with Crippen LogP contribution in [0.3, 0.4) is 0 Å². The van der Waals surface area contributed by atoms with Gasteiger partial charge in [-0.05, 0) is 32.4 Å². The van der Waals surface area contributed by atoms with Gasteiger partial charge in [0.05, 0.1) is 0 Å². The van der Waals surface area contributed by atoms with Crippen LogP contribution in [0.2, 0.25) is 0 Å². The van der Waals surface area contributed by atoms with Crippen LogP contribution in [0.4, 0.5) is 0 Å². The Hall–Kier alpha value is -0.380. The van der Waals surface area contributed by atoms with Gasteiger partial charge in [0.1, 0.15) is 0 Å². The molecule has 17 heavy (non-hydrogen) atoms. The van der Waals surface area contributed by atoms with Crippen LogP contribution in [0, 0.1) is 0 Å². The molecule has 1 atom stereocenters. The third-order valence-corrected chi connectivity index (χ3v) is 4.09. The van der Waals surface area contributed by atoms with E-state index in [0.717, 1.165) is 25.7 Å². The summed E-state index contributed by atoms with van der Waals surface area (Å²) < 4.78 is 0. The summed E-state index contributed by atoms with van der Waals surface area (Å²) in [6, 6.07) is 0.774. The van der Waals surface area contributed by atoms with Crippen molar-refractivity contribution < 1.29 is 0 Å². The summed E-state index contributed by atoms with van der Waals surface area (Å²) in [6.07, 6.45) is 3.95. The third-order valence-electron chi connectivity index (χ3n) is 4.09. The van der Waals surface area contributed by atoms with Crippen molar-refractivity contribution in [3.05, 3.63) is 12.2 Å². The Bertz CT molecular complexity index is 246. The summed E-state index contributed by atoms with van der Waals surface area (Å²) in [5, 5.41) is 3.40. The van der Waals surface area contributed by atoms with Gasteiger partial charge in [-0.15, -0.1) is 0 Å². The number of likely N-dealkylation sites (tertiary alicyclic amines) is 1. The fourth-order valence-corrected chi connectivity index (χ4v) is 3.13. The van der Waals surface area contributed by atoms with Crippen molar-refractivity contribution in [3.63, 3.8) is 0 Å². The fraction of sp³-hybridized carbons (Fsp3) is 0.857. The maximum Gasteiger partial charge on any atom is 0.0191 e. The van der Waals surface area contributed by atoms with E-state index in [2.05, 4.69) is 28.6 Å². The van der Waals surface area contributed by atoms with Crippen LogP contribution in [-0.2, 0) is 0 Å². The molecule has 0 aromatic heterocycles. The Labute approximate surface area is 106 Å². The summed E-state index contributed by atoms with van der Waals surface area (Å²) in [5.41, 5.74) is 1.43. The van der Waals surface area contributed by atoms with E-state index in [9.17, 15) is 0 Å². The maximum atomic E-state index is 4.29. The zero-order chi connectivity index (χ0) is 12.1. The summed E-state index contributed by atoms with van der Waals surface area (Å²) in [4.78, 5) is 5.15. The highest BCUT2D eigenvalue weighted by Gasteiger charge is 2.23. The molecule has 2 fully saturated rings. The molecule has 0 aliphatic carbocycles. The van der Waals surface area contributed by atoms with E-state index < -0.39 is 0 Å². The lowest BCUT2D eigenvalue weighted by Gasteiger charge is -2.29. The van der Waals surface area contributed by atoms with E-state index >= 15 is 0 Å². The van der Waals surface area contributed by atoms with Gasteiger partial charge in [0.2, 0.25) is 0 Å². The number of nitrogens with one attached hydrogen (secondary N) is 1. The molecule has 2 aliphatic rings. The molecule has 0 radical (unpaired) electrons. The monoisotopic (exact) mass is 237 g/mol. The molecule has 0 saturated carbocycles. The third kappa shape index (κ3) is 3.80. The van der Waals surface area contributed by atoms with E-state index in [1.807, 2.05) is 0 Å². The predicted molar refractivity (Wildman–Crippen MR) is 73.3 cm³/mol. The highest BCUT2D eigenvalue weighted by Crippen LogP contribution is 2.22. The second-order valence-electron chi connectivity index (χ2n) is 5.40. The van der Waals surface area contributed by atoms with E-state index in [1.54, 1.807) is 0 Å². The van der Waals surface area contributed by atoms with Crippen LogP contribution in [0.5, 0.6) is 0 Å². The van der Waals surface area contributed by atoms with Gasteiger partial charge in [-0.1, -0.05) is 19.1 Å². The van der Waals surface area contributed by atoms with E-state index in [-0.39, 0.29) is 0 Å².